The van der Waals surface area contributed by atoms with Crippen LogP contribution < -0.4 is 10.6 Å². The Morgan fingerprint density at radius 2 is 1.57 bits per heavy atom. The van der Waals surface area contributed by atoms with E-state index in [-0.39, 0.29) is 23.2 Å². The van der Waals surface area contributed by atoms with Gasteiger partial charge in [-0.05, 0) is 36.8 Å². The number of nitrogens with zero attached hydrogens (tertiary/aromatic N) is 1. The summed E-state index contributed by atoms with van der Waals surface area (Å²) in [6.45, 7) is 2.90. The Kier molecular flexibility index (Phi) is 8.78. The lowest BCUT2D eigenvalue weighted by atomic mass is 10.0. The van der Waals surface area contributed by atoms with Crippen molar-refractivity contribution in [1.29, 1.82) is 0 Å². The number of amides is 2. The van der Waals surface area contributed by atoms with Crippen molar-refractivity contribution >= 4 is 23.8 Å². The topological polar surface area (TPSA) is 61.4 Å². The van der Waals surface area contributed by atoms with Crippen LogP contribution in [-0.2, 0) is 17.8 Å². The van der Waals surface area contributed by atoms with Gasteiger partial charge in [0, 0.05) is 38.1 Å². The summed E-state index contributed by atoms with van der Waals surface area (Å²) >= 11 is 3.87. The monoisotopic (exact) mass is 425 g/mol. The van der Waals surface area contributed by atoms with Gasteiger partial charge in [-0.3, -0.25) is 9.69 Å². The number of rotatable bonds is 9. The van der Waals surface area contributed by atoms with Crippen molar-refractivity contribution < 1.29 is 9.59 Å². The second kappa shape index (κ2) is 11.8. The first-order chi connectivity index (χ1) is 14.6. The van der Waals surface area contributed by atoms with Crippen LogP contribution in [0.3, 0.4) is 0 Å². The highest BCUT2D eigenvalue weighted by Crippen LogP contribution is 2.14. The standard InChI is InChI=1S/C24H31N3O2S/c28-23(30)12-11-22(17-19-7-3-1-4-8-19)26-24(29)25-21-13-15-27(16-14-21)18-20-9-5-2-6-10-20/h1-10,21-22H,11-18H2,(H,28,30)(H2,25,26,29)/t22-/m0/s1. The van der Waals surface area contributed by atoms with Crippen molar-refractivity contribution in [1.82, 2.24) is 15.5 Å². The lowest BCUT2D eigenvalue weighted by Crippen LogP contribution is -2.50. The second-order valence-corrected chi connectivity index (χ2v) is 8.47. The first kappa shape index (κ1) is 22.4. The minimum atomic E-state index is -0.152. The van der Waals surface area contributed by atoms with Gasteiger partial charge in [0.1, 0.15) is 0 Å². The maximum atomic E-state index is 12.6. The maximum Gasteiger partial charge on any atom is 0.315 e. The highest BCUT2D eigenvalue weighted by atomic mass is 32.1. The number of nitrogens with one attached hydrogen (secondary N) is 2. The number of hydrogen-bond donors (Lipinski definition) is 3. The summed E-state index contributed by atoms with van der Waals surface area (Å²) in [5, 5.41) is 6.04. The van der Waals surface area contributed by atoms with Crippen LogP contribution in [0.1, 0.15) is 36.8 Å². The zero-order valence-corrected chi connectivity index (χ0v) is 18.2. The van der Waals surface area contributed by atoms with Gasteiger partial charge in [-0.25, -0.2) is 4.79 Å². The van der Waals surface area contributed by atoms with Crippen molar-refractivity contribution in [3.8, 4) is 0 Å². The Morgan fingerprint density at radius 1 is 0.967 bits per heavy atom. The molecule has 160 valence electrons. The molecule has 2 aromatic carbocycles. The van der Waals surface area contributed by atoms with Gasteiger partial charge in [0.25, 0.3) is 0 Å². The molecule has 0 radical (unpaired) electrons. The zero-order chi connectivity index (χ0) is 21.2. The lowest BCUT2D eigenvalue weighted by molar-refractivity contribution is -0.111. The third-order valence-corrected chi connectivity index (χ3v) is 5.76. The van der Waals surface area contributed by atoms with E-state index >= 15 is 0 Å². The van der Waals surface area contributed by atoms with Gasteiger partial charge in [0.2, 0.25) is 0 Å². The molecular formula is C24H31N3O2S. The Hall–Kier alpha value is -2.31. The van der Waals surface area contributed by atoms with Crippen molar-refractivity contribution in [2.75, 3.05) is 13.1 Å². The molecule has 0 unspecified atom stereocenters. The first-order valence-electron chi connectivity index (χ1n) is 10.7. The summed E-state index contributed by atoms with van der Waals surface area (Å²) in [6.07, 6.45) is 3.52. The zero-order valence-electron chi connectivity index (χ0n) is 17.3. The molecule has 1 aliphatic rings. The van der Waals surface area contributed by atoms with Gasteiger partial charge in [0.15, 0.2) is 5.12 Å². The van der Waals surface area contributed by atoms with Gasteiger partial charge in [-0.15, -0.1) is 12.6 Å². The maximum absolute atomic E-state index is 12.6. The smallest absolute Gasteiger partial charge is 0.315 e. The summed E-state index contributed by atoms with van der Waals surface area (Å²) in [6, 6.07) is 20.4. The molecule has 0 spiro atoms. The number of carbonyl (C=O) groups excluding carboxylic acids is 2. The third kappa shape index (κ3) is 7.84. The number of hydrogen-bond acceptors (Lipinski definition) is 3. The first-order valence-corrected chi connectivity index (χ1v) is 11.1. The van der Waals surface area contributed by atoms with Crippen molar-refractivity contribution in [2.45, 2.75) is 50.7 Å². The summed E-state index contributed by atoms with van der Waals surface area (Å²) in [5.74, 6) is 0. The van der Waals surface area contributed by atoms with Crippen molar-refractivity contribution in [3.05, 3.63) is 71.8 Å². The number of piperidine rings is 1. The molecule has 2 amide bonds. The van der Waals surface area contributed by atoms with Crippen molar-refractivity contribution in [3.63, 3.8) is 0 Å². The third-order valence-electron chi connectivity index (χ3n) is 5.54. The highest BCUT2D eigenvalue weighted by Gasteiger charge is 2.22. The average molecular weight is 426 g/mol. The Balaban J connectivity index is 1.44. The van der Waals surface area contributed by atoms with Crippen LogP contribution in [0, 0.1) is 0 Å². The largest absolute Gasteiger partial charge is 0.335 e. The molecular weight excluding hydrogens is 394 g/mol. The molecule has 30 heavy (non-hydrogen) atoms. The molecule has 1 heterocycles. The molecule has 1 atom stereocenters. The van der Waals surface area contributed by atoms with E-state index in [4.69, 9.17) is 0 Å². The SMILES string of the molecule is O=C(S)CC[C@@H](Cc1ccccc1)NC(=O)NC1CCN(Cc2ccccc2)CC1. The van der Waals surface area contributed by atoms with Crippen LogP contribution in [0.5, 0.6) is 0 Å². The van der Waals surface area contributed by atoms with Gasteiger partial charge >= 0.3 is 6.03 Å². The van der Waals surface area contributed by atoms with E-state index in [2.05, 4.69) is 52.4 Å². The summed E-state index contributed by atoms with van der Waals surface area (Å²) < 4.78 is 0. The van der Waals surface area contributed by atoms with Gasteiger partial charge < -0.3 is 10.6 Å². The number of benzene rings is 2. The summed E-state index contributed by atoms with van der Waals surface area (Å²) in [5.41, 5.74) is 2.47. The van der Waals surface area contributed by atoms with E-state index < -0.39 is 0 Å². The van der Waals surface area contributed by atoms with Crippen LogP contribution in [-0.4, -0.2) is 41.2 Å². The molecule has 1 fully saturated rings. The van der Waals surface area contributed by atoms with Gasteiger partial charge in [0.05, 0.1) is 0 Å². The minimum Gasteiger partial charge on any atom is -0.335 e. The molecule has 1 aliphatic heterocycles. The predicted molar refractivity (Wildman–Crippen MR) is 124 cm³/mol. The van der Waals surface area contributed by atoms with Gasteiger partial charge in [-0.2, -0.15) is 0 Å². The molecule has 0 aromatic heterocycles. The van der Waals surface area contributed by atoms with Crippen LogP contribution in [0.15, 0.2) is 60.7 Å². The number of thiol groups is 1. The van der Waals surface area contributed by atoms with E-state index in [1.807, 2.05) is 36.4 Å². The fraction of sp³-hybridized carbons (Fsp3) is 0.417. The van der Waals surface area contributed by atoms with Crippen LogP contribution in [0.2, 0.25) is 0 Å². The number of likely N-dealkylation sites (tertiary alicyclic amines) is 1. The number of urea groups is 1. The van der Waals surface area contributed by atoms with E-state index in [0.717, 1.165) is 38.0 Å². The van der Waals surface area contributed by atoms with E-state index in [1.54, 1.807) is 0 Å². The molecule has 2 N–H and O–H groups in total. The molecule has 0 bridgehead atoms. The van der Waals surface area contributed by atoms with Crippen molar-refractivity contribution in [2.24, 2.45) is 0 Å². The molecule has 0 aliphatic carbocycles. The average Bonchev–Trinajstić information content (AvgIpc) is 2.75. The molecule has 1 saturated heterocycles. The van der Waals surface area contributed by atoms with E-state index in [0.29, 0.717) is 19.3 Å². The predicted octanol–water partition coefficient (Wildman–Crippen LogP) is 3.80. The van der Waals surface area contributed by atoms with E-state index in [1.165, 1.54) is 5.56 Å². The van der Waals surface area contributed by atoms with Crippen LogP contribution >= 0.6 is 12.6 Å². The molecule has 2 aromatic rings. The summed E-state index contributed by atoms with van der Waals surface area (Å²) in [4.78, 5) is 26.3. The number of carbonyl (C=O) groups is 2. The van der Waals surface area contributed by atoms with Crippen LogP contribution in [0.25, 0.3) is 0 Å². The Morgan fingerprint density at radius 3 is 2.17 bits per heavy atom. The van der Waals surface area contributed by atoms with E-state index in [9.17, 15) is 9.59 Å². The fourth-order valence-electron chi connectivity index (χ4n) is 3.91. The molecule has 3 rings (SSSR count). The molecule has 5 nitrogen and oxygen atoms in total. The Bertz CT molecular complexity index is 793. The highest BCUT2D eigenvalue weighted by molar-refractivity contribution is 7.96. The second-order valence-electron chi connectivity index (χ2n) is 7.97. The fourth-order valence-corrected chi connectivity index (χ4v) is 4.04. The van der Waals surface area contributed by atoms with Crippen LogP contribution in [0.4, 0.5) is 4.79 Å². The molecule has 0 saturated carbocycles. The quantitative estimate of drug-likeness (QED) is 0.536. The minimum absolute atomic E-state index is 0.0957. The van der Waals surface area contributed by atoms with Gasteiger partial charge in [-0.1, -0.05) is 60.7 Å². The summed E-state index contributed by atoms with van der Waals surface area (Å²) in [7, 11) is 0. The molecule has 6 heteroatoms. The lowest BCUT2D eigenvalue weighted by Gasteiger charge is -2.32. The normalized spacial score (nSPS) is 16.0. The Labute approximate surface area is 184 Å².